The number of carbonyl (C=O) groups is 1. The van der Waals surface area contributed by atoms with Crippen molar-refractivity contribution in [3.63, 3.8) is 0 Å². The molecule has 21 heavy (non-hydrogen) atoms. The van der Waals surface area contributed by atoms with Gasteiger partial charge < -0.3 is 14.7 Å². The third-order valence-electron chi connectivity index (χ3n) is 6.17. The minimum Gasteiger partial charge on any atom is -0.390 e. The third kappa shape index (κ3) is 1.46. The fourth-order valence-corrected chi connectivity index (χ4v) is 6.05. The second kappa shape index (κ2) is 3.83. The number of amides is 1. The summed E-state index contributed by atoms with van der Waals surface area (Å²) in [4.78, 5) is 15.2. The molecular weight excluding hydrogens is 266 g/mol. The molecule has 4 heteroatoms. The van der Waals surface area contributed by atoms with Crippen LogP contribution in [0.3, 0.4) is 0 Å². The van der Waals surface area contributed by atoms with Gasteiger partial charge in [-0.15, -0.1) is 0 Å². The Morgan fingerprint density at radius 1 is 1.38 bits per heavy atom. The number of hydrogen-bond donors (Lipinski definition) is 1. The maximum atomic E-state index is 13.1. The normalized spacial score (nSPS) is 50.8. The van der Waals surface area contributed by atoms with E-state index in [1.54, 1.807) is 0 Å². The molecule has 2 bridgehead atoms. The average Bonchev–Trinajstić information content (AvgIpc) is 2.94. The molecule has 0 aromatic heterocycles. The van der Waals surface area contributed by atoms with Gasteiger partial charge in [0.1, 0.15) is 5.72 Å². The van der Waals surface area contributed by atoms with Gasteiger partial charge in [0, 0.05) is 11.5 Å². The molecule has 4 aliphatic rings. The lowest BCUT2D eigenvalue weighted by Crippen LogP contribution is -2.59. The third-order valence-corrected chi connectivity index (χ3v) is 6.17. The summed E-state index contributed by atoms with van der Waals surface area (Å²) in [5.41, 5.74) is -0.710. The fourth-order valence-electron chi connectivity index (χ4n) is 6.05. The zero-order valence-corrected chi connectivity index (χ0v) is 13.7. The number of nitrogens with zero attached hydrogens (tertiary/aromatic N) is 1. The van der Waals surface area contributed by atoms with Gasteiger partial charge in [-0.1, -0.05) is 13.8 Å². The molecule has 0 aromatic carbocycles. The lowest BCUT2D eigenvalue weighted by Gasteiger charge is -2.47. The highest BCUT2D eigenvalue weighted by Crippen LogP contribution is 2.69. The molecule has 118 valence electrons. The molecule has 7 atom stereocenters. The van der Waals surface area contributed by atoms with E-state index in [1.165, 1.54) is 0 Å². The van der Waals surface area contributed by atoms with Crippen LogP contribution in [0.25, 0.3) is 0 Å². The van der Waals surface area contributed by atoms with Crippen molar-refractivity contribution in [2.75, 3.05) is 0 Å². The fraction of sp³-hybridized carbons (Fsp3) is 0.941. The Morgan fingerprint density at radius 2 is 2.05 bits per heavy atom. The van der Waals surface area contributed by atoms with Crippen molar-refractivity contribution in [3.8, 4) is 0 Å². The van der Waals surface area contributed by atoms with E-state index in [2.05, 4.69) is 34.6 Å². The molecule has 2 aliphatic carbocycles. The Hall–Kier alpha value is -0.610. The quantitative estimate of drug-likeness (QED) is 0.847. The summed E-state index contributed by atoms with van der Waals surface area (Å²) in [7, 11) is 0. The maximum Gasteiger partial charge on any atom is 0.229 e. The van der Waals surface area contributed by atoms with Crippen LogP contribution in [0.15, 0.2) is 0 Å². The Kier molecular flexibility index (Phi) is 2.55. The number of ether oxygens (including phenoxy) is 1. The van der Waals surface area contributed by atoms with Gasteiger partial charge in [-0.05, 0) is 51.4 Å². The van der Waals surface area contributed by atoms with Crippen molar-refractivity contribution in [2.45, 2.75) is 70.9 Å². The average molecular weight is 293 g/mol. The lowest BCUT2D eigenvalue weighted by molar-refractivity contribution is -0.199. The van der Waals surface area contributed by atoms with E-state index in [-0.39, 0.29) is 29.4 Å². The van der Waals surface area contributed by atoms with E-state index in [1.807, 2.05) is 4.90 Å². The molecule has 2 saturated heterocycles. The molecule has 7 unspecified atom stereocenters. The van der Waals surface area contributed by atoms with Gasteiger partial charge in [-0.25, -0.2) is 0 Å². The first-order chi connectivity index (χ1) is 9.68. The molecule has 4 rings (SSSR count). The van der Waals surface area contributed by atoms with Crippen molar-refractivity contribution in [3.05, 3.63) is 0 Å². The largest absolute Gasteiger partial charge is 0.390 e. The standard InChI is InChI=1S/C17H27NO3/c1-8(2)7-17-12-10-6-9(13(19)14(10)21-17)11(12)15(20)18(17)16(3,4)5/h8-14,19H,6-7H2,1-5H3. The second-order valence-corrected chi connectivity index (χ2v) is 8.98. The van der Waals surface area contributed by atoms with E-state index in [0.29, 0.717) is 17.8 Å². The van der Waals surface area contributed by atoms with Crippen molar-refractivity contribution in [1.29, 1.82) is 0 Å². The highest BCUT2D eigenvalue weighted by molar-refractivity contribution is 5.85. The molecule has 4 nitrogen and oxygen atoms in total. The molecule has 0 radical (unpaired) electrons. The van der Waals surface area contributed by atoms with Gasteiger partial charge in [0.05, 0.1) is 18.1 Å². The SMILES string of the molecule is CC(C)CC12OC3C(O)C4CC3C1C4C(=O)N2C(C)(C)C. The smallest absolute Gasteiger partial charge is 0.229 e. The van der Waals surface area contributed by atoms with Gasteiger partial charge in [-0.2, -0.15) is 0 Å². The molecule has 4 fully saturated rings. The maximum absolute atomic E-state index is 13.1. The number of aliphatic hydroxyl groups excluding tert-OH is 1. The van der Waals surface area contributed by atoms with E-state index in [9.17, 15) is 9.90 Å². The topological polar surface area (TPSA) is 49.8 Å². The van der Waals surface area contributed by atoms with Gasteiger partial charge in [0.2, 0.25) is 5.91 Å². The van der Waals surface area contributed by atoms with Crippen LogP contribution in [0.2, 0.25) is 0 Å². The van der Waals surface area contributed by atoms with Crippen LogP contribution < -0.4 is 0 Å². The Labute approximate surface area is 126 Å². The number of carbonyl (C=O) groups excluding carboxylic acids is 1. The lowest BCUT2D eigenvalue weighted by atomic mass is 9.75. The van der Waals surface area contributed by atoms with Crippen LogP contribution in [-0.4, -0.2) is 39.4 Å². The van der Waals surface area contributed by atoms with E-state index in [4.69, 9.17) is 4.74 Å². The van der Waals surface area contributed by atoms with Crippen LogP contribution >= 0.6 is 0 Å². The van der Waals surface area contributed by atoms with Gasteiger partial charge in [0.25, 0.3) is 0 Å². The monoisotopic (exact) mass is 293 g/mol. The van der Waals surface area contributed by atoms with Crippen molar-refractivity contribution >= 4 is 5.91 Å². The first-order valence-corrected chi connectivity index (χ1v) is 8.38. The highest BCUT2D eigenvalue weighted by atomic mass is 16.6. The van der Waals surface area contributed by atoms with Crippen molar-refractivity contribution in [2.24, 2.45) is 29.6 Å². The Morgan fingerprint density at radius 3 is 2.62 bits per heavy atom. The van der Waals surface area contributed by atoms with Gasteiger partial charge in [0.15, 0.2) is 0 Å². The summed E-state index contributed by atoms with van der Waals surface area (Å²) in [5.74, 6) is 1.48. The van der Waals surface area contributed by atoms with Crippen LogP contribution in [0.4, 0.5) is 0 Å². The molecule has 1 N–H and O–H groups in total. The molecule has 2 aliphatic heterocycles. The minimum atomic E-state index is -0.476. The highest BCUT2D eigenvalue weighted by Gasteiger charge is 2.79. The number of rotatable bonds is 2. The summed E-state index contributed by atoms with van der Waals surface area (Å²) in [5, 5.41) is 10.5. The molecule has 2 heterocycles. The van der Waals surface area contributed by atoms with Gasteiger partial charge >= 0.3 is 0 Å². The van der Waals surface area contributed by atoms with Crippen molar-refractivity contribution < 1.29 is 14.6 Å². The zero-order chi connectivity index (χ0) is 15.3. The van der Waals surface area contributed by atoms with E-state index in [0.717, 1.165) is 12.8 Å². The number of fused-ring (bicyclic) bond motifs is 2. The Balaban J connectivity index is 1.85. The molecular formula is C17H27NO3. The Bertz CT molecular complexity index is 497. The predicted molar refractivity (Wildman–Crippen MR) is 78.2 cm³/mol. The van der Waals surface area contributed by atoms with E-state index >= 15 is 0 Å². The predicted octanol–water partition coefficient (Wildman–Crippen LogP) is 2.01. The van der Waals surface area contributed by atoms with Gasteiger partial charge in [-0.3, -0.25) is 4.79 Å². The van der Waals surface area contributed by atoms with Crippen LogP contribution in [0.1, 0.15) is 47.5 Å². The van der Waals surface area contributed by atoms with Crippen molar-refractivity contribution in [1.82, 2.24) is 4.90 Å². The molecule has 2 saturated carbocycles. The van der Waals surface area contributed by atoms with E-state index < -0.39 is 11.8 Å². The van der Waals surface area contributed by atoms with Crippen LogP contribution in [0, 0.1) is 29.6 Å². The summed E-state index contributed by atoms with van der Waals surface area (Å²) < 4.78 is 6.51. The van der Waals surface area contributed by atoms with Crippen LogP contribution in [0.5, 0.6) is 0 Å². The molecule has 0 aromatic rings. The number of likely N-dealkylation sites (tertiary alicyclic amines) is 1. The summed E-state index contributed by atoms with van der Waals surface area (Å²) in [6, 6.07) is 0. The minimum absolute atomic E-state index is 0.0123. The van der Waals surface area contributed by atoms with Crippen LogP contribution in [-0.2, 0) is 9.53 Å². The molecule has 1 amide bonds. The first-order valence-electron chi connectivity index (χ1n) is 8.38. The first kappa shape index (κ1) is 14.0. The number of hydrogen-bond acceptors (Lipinski definition) is 3. The summed E-state index contributed by atoms with van der Waals surface area (Å²) >= 11 is 0. The summed E-state index contributed by atoms with van der Waals surface area (Å²) in [6.45, 7) is 10.7. The molecule has 0 spiro atoms. The zero-order valence-electron chi connectivity index (χ0n) is 13.7. The second-order valence-electron chi connectivity index (χ2n) is 8.98. The number of aliphatic hydroxyl groups is 1. The summed E-state index contributed by atoms with van der Waals surface area (Å²) in [6.07, 6.45) is 1.37.